The molecule has 0 aromatic heterocycles. The summed E-state index contributed by atoms with van der Waals surface area (Å²) in [4.78, 5) is 26.1. The molecule has 0 saturated heterocycles. The first kappa shape index (κ1) is 13.6. The summed E-state index contributed by atoms with van der Waals surface area (Å²) in [6, 6.07) is 6.10. The number of Topliss-reactive ketones (excluding diaryl/α,β-unsaturated/α-hetero) is 1. The average molecular weight is 248 g/mol. The fraction of sp³-hybridized carbons (Fsp3) is 0.167. The summed E-state index contributed by atoms with van der Waals surface area (Å²) in [7, 11) is 0. The molecule has 6 nitrogen and oxygen atoms in total. The van der Waals surface area contributed by atoms with Gasteiger partial charge in [-0.3, -0.25) is 9.79 Å². The number of para-hydroxylation sites is 1. The zero-order valence-corrected chi connectivity index (χ0v) is 9.91. The van der Waals surface area contributed by atoms with Gasteiger partial charge in [0.05, 0.1) is 17.0 Å². The fourth-order valence-corrected chi connectivity index (χ4v) is 1.38. The summed E-state index contributed by atoms with van der Waals surface area (Å²) in [5.41, 5.74) is 0.163. The number of carboxylic acid groups (broad SMARTS) is 1. The summed E-state index contributed by atoms with van der Waals surface area (Å²) >= 11 is 0. The Hall–Kier alpha value is -2.50. The van der Waals surface area contributed by atoms with E-state index >= 15 is 0 Å². The molecule has 0 aliphatic heterocycles. The number of oxime groups is 1. The summed E-state index contributed by atoms with van der Waals surface area (Å²) in [5.74, 6) is -1.57. The molecule has 1 rings (SSSR count). The van der Waals surface area contributed by atoms with Gasteiger partial charge < -0.3 is 10.3 Å². The highest BCUT2D eigenvalue weighted by Crippen LogP contribution is 2.19. The van der Waals surface area contributed by atoms with Gasteiger partial charge in [0.25, 0.3) is 0 Å². The van der Waals surface area contributed by atoms with Crippen molar-refractivity contribution >= 4 is 28.9 Å². The van der Waals surface area contributed by atoms with Gasteiger partial charge in [0.15, 0.2) is 11.5 Å². The molecule has 0 saturated carbocycles. The van der Waals surface area contributed by atoms with E-state index in [1.807, 2.05) is 0 Å². The van der Waals surface area contributed by atoms with Crippen molar-refractivity contribution in [2.45, 2.75) is 13.8 Å². The summed E-state index contributed by atoms with van der Waals surface area (Å²) < 4.78 is 0. The number of hydrogen-bond acceptors (Lipinski definition) is 5. The van der Waals surface area contributed by atoms with Gasteiger partial charge in [-0.2, -0.15) is 0 Å². The molecule has 0 heterocycles. The molecular weight excluding hydrogens is 236 g/mol. The first-order chi connectivity index (χ1) is 8.47. The lowest BCUT2D eigenvalue weighted by Gasteiger charge is -2.03. The lowest BCUT2D eigenvalue weighted by atomic mass is 10.1. The highest BCUT2D eigenvalue weighted by Gasteiger charge is 2.13. The summed E-state index contributed by atoms with van der Waals surface area (Å²) in [6.07, 6.45) is 0. The Labute approximate surface area is 103 Å². The van der Waals surface area contributed by atoms with Crippen LogP contribution in [0.2, 0.25) is 0 Å². The monoisotopic (exact) mass is 248 g/mol. The van der Waals surface area contributed by atoms with E-state index < -0.39 is 11.8 Å². The first-order valence-corrected chi connectivity index (χ1v) is 5.08. The summed E-state index contributed by atoms with van der Waals surface area (Å²) in [6.45, 7) is 2.70. The molecule has 0 unspecified atom stereocenters. The molecular formula is C12H12N2O4. The van der Waals surface area contributed by atoms with Gasteiger partial charge in [-0.1, -0.05) is 17.3 Å². The SMILES string of the molecule is CC(=O)/C(=N\O)C(C)=Nc1ccccc1C(=O)O. The van der Waals surface area contributed by atoms with E-state index in [9.17, 15) is 9.59 Å². The van der Waals surface area contributed by atoms with Crippen LogP contribution in [0.25, 0.3) is 0 Å². The number of aromatic carboxylic acids is 1. The molecule has 6 heteroatoms. The molecule has 1 aromatic carbocycles. The van der Waals surface area contributed by atoms with Gasteiger partial charge in [0.1, 0.15) is 0 Å². The lowest BCUT2D eigenvalue weighted by Crippen LogP contribution is -2.19. The summed E-state index contributed by atoms with van der Waals surface area (Å²) in [5, 5.41) is 20.5. The van der Waals surface area contributed by atoms with E-state index in [0.29, 0.717) is 0 Å². The van der Waals surface area contributed by atoms with Crippen LogP contribution in [0.15, 0.2) is 34.4 Å². The lowest BCUT2D eigenvalue weighted by molar-refractivity contribution is -0.111. The van der Waals surface area contributed by atoms with Crippen LogP contribution in [0.3, 0.4) is 0 Å². The number of carboxylic acids is 1. The normalized spacial score (nSPS) is 12.3. The quantitative estimate of drug-likeness (QED) is 0.482. The van der Waals surface area contributed by atoms with Gasteiger partial charge in [0, 0.05) is 6.92 Å². The fourth-order valence-electron chi connectivity index (χ4n) is 1.38. The minimum absolute atomic E-state index is 0.0118. The van der Waals surface area contributed by atoms with Crippen LogP contribution in [0, 0.1) is 0 Å². The molecule has 0 amide bonds. The molecule has 18 heavy (non-hydrogen) atoms. The maximum Gasteiger partial charge on any atom is 0.337 e. The molecule has 0 bridgehead atoms. The minimum Gasteiger partial charge on any atom is -0.478 e. The van der Waals surface area contributed by atoms with Crippen LogP contribution in [-0.4, -0.2) is 33.5 Å². The average Bonchev–Trinajstić information content (AvgIpc) is 2.29. The molecule has 0 aliphatic carbocycles. The second-order valence-corrected chi connectivity index (χ2v) is 3.52. The second kappa shape index (κ2) is 5.72. The number of rotatable bonds is 4. The zero-order chi connectivity index (χ0) is 13.7. The van der Waals surface area contributed by atoms with Gasteiger partial charge in [-0.25, -0.2) is 4.79 Å². The van der Waals surface area contributed by atoms with Crippen molar-refractivity contribution in [3.05, 3.63) is 29.8 Å². The maximum atomic E-state index is 11.1. The van der Waals surface area contributed by atoms with E-state index in [-0.39, 0.29) is 22.7 Å². The number of aliphatic imine (C=N–C) groups is 1. The molecule has 0 fully saturated rings. The molecule has 94 valence electrons. The number of hydrogen-bond donors (Lipinski definition) is 2. The van der Waals surface area contributed by atoms with Gasteiger partial charge in [-0.15, -0.1) is 0 Å². The van der Waals surface area contributed by atoms with Crippen molar-refractivity contribution in [1.29, 1.82) is 0 Å². The molecule has 0 spiro atoms. The van der Waals surface area contributed by atoms with Crippen molar-refractivity contribution in [1.82, 2.24) is 0 Å². The number of nitrogens with zero attached hydrogens (tertiary/aromatic N) is 2. The minimum atomic E-state index is -1.12. The highest BCUT2D eigenvalue weighted by molar-refractivity contribution is 6.66. The number of carbonyl (C=O) groups excluding carboxylic acids is 1. The predicted molar refractivity (Wildman–Crippen MR) is 66.1 cm³/mol. The topological polar surface area (TPSA) is 99.3 Å². The number of ketones is 1. The molecule has 2 N–H and O–H groups in total. The third kappa shape index (κ3) is 3.00. The van der Waals surface area contributed by atoms with E-state index in [1.165, 1.54) is 26.0 Å². The van der Waals surface area contributed by atoms with Crippen LogP contribution >= 0.6 is 0 Å². The van der Waals surface area contributed by atoms with Gasteiger partial charge in [-0.05, 0) is 19.1 Å². The van der Waals surface area contributed by atoms with Crippen LogP contribution < -0.4 is 0 Å². The van der Waals surface area contributed by atoms with E-state index in [4.69, 9.17) is 10.3 Å². The van der Waals surface area contributed by atoms with Crippen LogP contribution in [-0.2, 0) is 4.79 Å². The third-order valence-corrected chi connectivity index (χ3v) is 2.20. The van der Waals surface area contributed by atoms with Crippen LogP contribution in [0.4, 0.5) is 5.69 Å². The molecule has 1 aromatic rings. The van der Waals surface area contributed by atoms with Gasteiger partial charge in [0.2, 0.25) is 0 Å². The number of benzene rings is 1. The Bertz CT molecular complexity index is 547. The Morgan fingerprint density at radius 1 is 1.17 bits per heavy atom. The van der Waals surface area contributed by atoms with Gasteiger partial charge >= 0.3 is 5.97 Å². The second-order valence-electron chi connectivity index (χ2n) is 3.52. The molecule has 0 atom stereocenters. The van der Waals surface area contributed by atoms with Crippen molar-refractivity contribution < 1.29 is 19.9 Å². The number of carbonyl (C=O) groups is 2. The zero-order valence-electron chi connectivity index (χ0n) is 9.91. The standard InChI is InChI=1S/C12H12N2O4/c1-7(11(14-18)8(2)15)13-10-6-4-3-5-9(10)12(16)17/h3-6,18H,1-2H3,(H,16,17)/b13-7?,14-11-. The Kier molecular flexibility index (Phi) is 4.31. The van der Waals surface area contributed by atoms with Crippen molar-refractivity contribution in [2.75, 3.05) is 0 Å². The molecule has 0 radical (unpaired) electrons. The smallest absolute Gasteiger partial charge is 0.337 e. The van der Waals surface area contributed by atoms with E-state index in [1.54, 1.807) is 12.1 Å². The van der Waals surface area contributed by atoms with Crippen LogP contribution in [0.5, 0.6) is 0 Å². The maximum absolute atomic E-state index is 11.1. The molecule has 0 aliphatic rings. The van der Waals surface area contributed by atoms with Crippen molar-refractivity contribution in [3.8, 4) is 0 Å². The van der Waals surface area contributed by atoms with Crippen LogP contribution in [0.1, 0.15) is 24.2 Å². The van der Waals surface area contributed by atoms with E-state index in [0.717, 1.165) is 0 Å². The Balaban J connectivity index is 3.25. The van der Waals surface area contributed by atoms with Crippen molar-refractivity contribution in [2.24, 2.45) is 10.1 Å². The van der Waals surface area contributed by atoms with E-state index in [2.05, 4.69) is 10.1 Å². The van der Waals surface area contributed by atoms with Crippen molar-refractivity contribution in [3.63, 3.8) is 0 Å². The highest BCUT2D eigenvalue weighted by atomic mass is 16.4. The Morgan fingerprint density at radius 3 is 2.28 bits per heavy atom. The predicted octanol–water partition coefficient (Wildman–Crippen LogP) is 1.90. The Morgan fingerprint density at radius 2 is 1.78 bits per heavy atom. The third-order valence-electron chi connectivity index (χ3n) is 2.20. The largest absolute Gasteiger partial charge is 0.478 e. The first-order valence-electron chi connectivity index (χ1n) is 5.08.